The number of hydrogen-bond donors (Lipinski definition) is 2. The maximum Gasteiger partial charge on any atom is 0.355 e. The molecule has 2 N–H and O–H groups in total. The fourth-order valence-electron chi connectivity index (χ4n) is 2.05. The second-order valence-electron chi connectivity index (χ2n) is 4.82. The van der Waals surface area contributed by atoms with E-state index in [9.17, 15) is 19.7 Å². The highest BCUT2D eigenvalue weighted by Gasteiger charge is 2.25. The number of nitrogens with zero attached hydrogens (tertiary/aromatic N) is 2. The molecule has 0 saturated carbocycles. The Morgan fingerprint density at radius 1 is 1.38 bits per heavy atom. The van der Waals surface area contributed by atoms with Crippen molar-refractivity contribution in [2.24, 2.45) is 0 Å². The number of rotatable bonds is 8. The van der Waals surface area contributed by atoms with Gasteiger partial charge in [-0.15, -0.1) is 11.3 Å². The fourth-order valence-corrected chi connectivity index (χ4v) is 2.76. The normalized spacial score (nSPS) is 10.2. The number of aromatic carboxylic acids is 1. The van der Waals surface area contributed by atoms with Crippen LogP contribution in [-0.2, 0) is 6.54 Å². The lowest BCUT2D eigenvalue weighted by Crippen LogP contribution is -2.24. The molecule has 11 heteroatoms. The fraction of sp³-hybridized carbons (Fsp3) is 0.267. The molecule has 2 aromatic rings. The second kappa shape index (κ2) is 8.25. The first kappa shape index (κ1) is 19.1. The first-order chi connectivity index (χ1) is 12.4. The van der Waals surface area contributed by atoms with Crippen molar-refractivity contribution in [3.8, 4) is 11.5 Å². The van der Waals surface area contributed by atoms with Gasteiger partial charge < -0.3 is 19.9 Å². The topological polar surface area (TPSA) is 141 Å². The number of benzene rings is 1. The van der Waals surface area contributed by atoms with Crippen LogP contribution in [-0.4, -0.2) is 40.6 Å². The van der Waals surface area contributed by atoms with Crippen molar-refractivity contribution in [1.82, 2.24) is 10.3 Å². The number of thiazole rings is 1. The maximum absolute atomic E-state index is 12.4. The standard InChI is InChI=1S/C15H15N3O7S/c1-3-25-12-4-8(10(18(22)23)5-11(12)24-2)14(19)16-6-13-17-9(7-26-13)15(20)21/h4-5,7H,3,6H2,1-2H3,(H,16,19)(H,20,21). The first-order valence-electron chi connectivity index (χ1n) is 7.32. The van der Waals surface area contributed by atoms with E-state index in [-0.39, 0.29) is 35.9 Å². The van der Waals surface area contributed by atoms with E-state index in [1.54, 1.807) is 6.92 Å². The van der Waals surface area contributed by atoms with Crippen LogP contribution in [0.3, 0.4) is 0 Å². The van der Waals surface area contributed by atoms with Crippen LogP contribution in [0.5, 0.6) is 11.5 Å². The SMILES string of the molecule is CCOc1cc(C(=O)NCc2nc(C(=O)O)cs2)c([N+](=O)[O-])cc1OC. The Bertz CT molecular complexity index is 850. The van der Waals surface area contributed by atoms with Gasteiger partial charge in [-0.3, -0.25) is 14.9 Å². The molecule has 0 spiro atoms. The van der Waals surface area contributed by atoms with Crippen LogP contribution in [0.25, 0.3) is 0 Å². The zero-order valence-electron chi connectivity index (χ0n) is 13.8. The van der Waals surface area contributed by atoms with Crippen LogP contribution in [0, 0.1) is 10.1 Å². The van der Waals surface area contributed by atoms with Gasteiger partial charge in [0.05, 0.1) is 31.3 Å². The van der Waals surface area contributed by atoms with E-state index >= 15 is 0 Å². The number of amides is 1. The Morgan fingerprint density at radius 3 is 2.65 bits per heavy atom. The third kappa shape index (κ3) is 4.25. The molecule has 10 nitrogen and oxygen atoms in total. The molecule has 0 radical (unpaired) electrons. The van der Waals surface area contributed by atoms with Crippen LogP contribution < -0.4 is 14.8 Å². The van der Waals surface area contributed by atoms with Crippen LogP contribution in [0.1, 0.15) is 32.8 Å². The maximum atomic E-state index is 12.4. The number of ether oxygens (including phenoxy) is 2. The lowest BCUT2D eigenvalue weighted by atomic mass is 10.1. The van der Waals surface area contributed by atoms with Gasteiger partial charge in [0.15, 0.2) is 17.2 Å². The largest absolute Gasteiger partial charge is 0.493 e. The molecule has 1 amide bonds. The molecule has 1 aromatic carbocycles. The van der Waals surface area contributed by atoms with Gasteiger partial charge in [-0.25, -0.2) is 9.78 Å². The highest BCUT2D eigenvalue weighted by Crippen LogP contribution is 2.34. The van der Waals surface area contributed by atoms with Crippen LogP contribution in [0.15, 0.2) is 17.5 Å². The predicted octanol–water partition coefficient (Wildman–Crippen LogP) is 2.09. The molecule has 1 heterocycles. The molecule has 0 aliphatic rings. The van der Waals surface area contributed by atoms with Gasteiger partial charge in [0.2, 0.25) is 0 Å². The van der Waals surface area contributed by atoms with Crippen molar-refractivity contribution >= 4 is 28.9 Å². The molecule has 138 valence electrons. The van der Waals surface area contributed by atoms with Crippen molar-refractivity contribution in [3.63, 3.8) is 0 Å². The van der Waals surface area contributed by atoms with Crippen molar-refractivity contribution < 1.29 is 29.1 Å². The molecule has 0 saturated heterocycles. The molecule has 0 fully saturated rings. The van der Waals surface area contributed by atoms with Crippen LogP contribution in [0.4, 0.5) is 5.69 Å². The number of nitrogens with one attached hydrogen (secondary N) is 1. The Kier molecular flexibility index (Phi) is 6.07. The van der Waals surface area contributed by atoms with Gasteiger partial charge in [-0.05, 0) is 6.92 Å². The number of carboxylic acid groups (broad SMARTS) is 1. The minimum absolute atomic E-state index is 0.0655. The molecule has 1 aromatic heterocycles. The van der Waals surface area contributed by atoms with E-state index in [0.29, 0.717) is 5.01 Å². The molecule has 2 rings (SSSR count). The molecule has 0 unspecified atom stereocenters. The lowest BCUT2D eigenvalue weighted by Gasteiger charge is -2.11. The average Bonchev–Trinajstić information content (AvgIpc) is 3.08. The Balaban J connectivity index is 2.26. The molecule has 0 atom stereocenters. The molecule has 0 bridgehead atoms. The lowest BCUT2D eigenvalue weighted by molar-refractivity contribution is -0.385. The summed E-state index contributed by atoms with van der Waals surface area (Å²) in [7, 11) is 1.34. The second-order valence-corrected chi connectivity index (χ2v) is 5.77. The van der Waals surface area contributed by atoms with E-state index in [1.165, 1.54) is 18.6 Å². The number of carboxylic acids is 1. The van der Waals surface area contributed by atoms with E-state index < -0.39 is 22.5 Å². The van der Waals surface area contributed by atoms with Crippen molar-refractivity contribution in [2.45, 2.75) is 13.5 Å². The van der Waals surface area contributed by atoms with Crippen molar-refractivity contribution in [2.75, 3.05) is 13.7 Å². The molecule has 26 heavy (non-hydrogen) atoms. The van der Waals surface area contributed by atoms with Gasteiger partial charge in [0, 0.05) is 11.4 Å². The summed E-state index contributed by atoms with van der Waals surface area (Å²) in [6, 6.07) is 2.35. The van der Waals surface area contributed by atoms with Crippen LogP contribution in [0.2, 0.25) is 0 Å². The first-order valence-corrected chi connectivity index (χ1v) is 8.20. The highest BCUT2D eigenvalue weighted by molar-refractivity contribution is 7.09. The molecule has 0 aliphatic heterocycles. The average molecular weight is 381 g/mol. The van der Waals surface area contributed by atoms with Crippen molar-refractivity contribution in [1.29, 1.82) is 0 Å². The summed E-state index contributed by atoms with van der Waals surface area (Å²) in [6.45, 7) is 1.94. The zero-order valence-corrected chi connectivity index (χ0v) is 14.7. The quantitative estimate of drug-likeness (QED) is 0.523. The van der Waals surface area contributed by atoms with Gasteiger partial charge in [-0.1, -0.05) is 0 Å². The Labute approximate surface area is 151 Å². The third-order valence-corrected chi connectivity index (χ3v) is 4.04. The summed E-state index contributed by atoms with van der Waals surface area (Å²) in [4.78, 5) is 37.6. The number of nitro groups is 1. The van der Waals surface area contributed by atoms with Gasteiger partial charge in [-0.2, -0.15) is 0 Å². The van der Waals surface area contributed by atoms with E-state index in [0.717, 1.165) is 17.4 Å². The highest BCUT2D eigenvalue weighted by atomic mass is 32.1. The number of carbonyl (C=O) groups is 2. The minimum Gasteiger partial charge on any atom is -0.493 e. The molecular weight excluding hydrogens is 366 g/mol. The molecule has 0 aliphatic carbocycles. The number of nitro benzene ring substituents is 1. The monoisotopic (exact) mass is 381 g/mol. The van der Waals surface area contributed by atoms with Crippen molar-refractivity contribution in [3.05, 3.63) is 43.9 Å². The number of carbonyl (C=O) groups excluding carboxylic acids is 1. The zero-order chi connectivity index (χ0) is 19.3. The summed E-state index contributed by atoms with van der Waals surface area (Å²) >= 11 is 1.06. The van der Waals surface area contributed by atoms with Gasteiger partial charge in [0.25, 0.3) is 11.6 Å². The number of aromatic nitrogens is 1. The van der Waals surface area contributed by atoms with Gasteiger partial charge >= 0.3 is 5.97 Å². The molecular formula is C15H15N3O7S. The summed E-state index contributed by atoms with van der Waals surface area (Å²) in [6.07, 6.45) is 0. The summed E-state index contributed by atoms with van der Waals surface area (Å²) in [5.41, 5.74) is -0.768. The summed E-state index contributed by atoms with van der Waals surface area (Å²) in [5.74, 6) is -1.55. The number of methoxy groups -OCH3 is 1. The smallest absolute Gasteiger partial charge is 0.355 e. The number of hydrogen-bond acceptors (Lipinski definition) is 8. The third-order valence-electron chi connectivity index (χ3n) is 3.19. The van der Waals surface area contributed by atoms with E-state index in [4.69, 9.17) is 14.6 Å². The van der Waals surface area contributed by atoms with E-state index in [1.807, 2.05) is 0 Å². The minimum atomic E-state index is -1.18. The van der Waals surface area contributed by atoms with Crippen LogP contribution >= 0.6 is 11.3 Å². The summed E-state index contributed by atoms with van der Waals surface area (Å²) in [5, 5.41) is 24.3. The van der Waals surface area contributed by atoms with Gasteiger partial charge in [0.1, 0.15) is 10.6 Å². The Morgan fingerprint density at radius 2 is 2.12 bits per heavy atom. The van der Waals surface area contributed by atoms with E-state index in [2.05, 4.69) is 10.3 Å². The predicted molar refractivity (Wildman–Crippen MR) is 91.1 cm³/mol. The summed E-state index contributed by atoms with van der Waals surface area (Å²) < 4.78 is 10.4. The Hall–Kier alpha value is -3.21.